The molecular weight excluding hydrogens is 413 g/mol. The van der Waals surface area contributed by atoms with E-state index in [0.29, 0.717) is 33.2 Å². The number of fused-ring (bicyclic) bond motifs is 2. The highest BCUT2D eigenvalue weighted by atomic mass is 19.1. The van der Waals surface area contributed by atoms with Gasteiger partial charge in [-0.3, -0.25) is 14.9 Å². The van der Waals surface area contributed by atoms with E-state index in [2.05, 4.69) is 20.2 Å². The van der Waals surface area contributed by atoms with Crippen molar-refractivity contribution < 1.29 is 18.5 Å². The van der Waals surface area contributed by atoms with Gasteiger partial charge in [-0.05, 0) is 19.1 Å². The number of carbonyl (C=O) groups is 1. The summed E-state index contributed by atoms with van der Waals surface area (Å²) >= 11 is 0. The van der Waals surface area contributed by atoms with E-state index < -0.39 is 17.3 Å². The maximum Gasteiger partial charge on any atom is 0.339 e. The average molecular weight is 430 g/mol. The summed E-state index contributed by atoms with van der Waals surface area (Å²) in [6.45, 7) is 1.93. The van der Waals surface area contributed by atoms with Gasteiger partial charge >= 0.3 is 11.5 Å². The van der Waals surface area contributed by atoms with Crippen molar-refractivity contribution >= 4 is 27.9 Å². The maximum absolute atomic E-state index is 14.3. The number of esters is 1. The number of aromatic amines is 2. The molecule has 4 heterocycles. The average Bonchev–Trinajstić information content (AvgIpc) is 3.30. The van der Waals surface area contributed by atoms with Gasteiger partial charge in [-0.15, -0.1) is 0 Å². The molecular formula is C23H17FN5O3+. The minimum atomic E-state index is -0.537. The van der Waals surface area contributed by atoms with Crippen LogP contribution in [-0.2, 0) is 4.74 Å². The molecule has 0 saturated carbocycles. The first-order valence-corrected chi connectivity index (χ1v) is 9.90. The van der Waals surface area contributed by atoms with Crippen LogP contribution in [0.3, 0.4) is 0 Å². The summed E-state index contributed by atoms with van der Waals surface area (Å²) < 4.78 is 21.1. The second-order valence-corrected chi connectivity index (χ2v) is 7.05. The Morgan fingerprint density at radius 1 is 1.19 bits per heavy atom. The molecule has 0 atom stereocenters. The van der Waals surface area contributed by atoms with Crippen LogP contribution in [-0.4, -0.2) is 32.7 Å². The predicted molar refractivity (Wildman–Crippen MR) is 115 cm³/mol. The number of ether oxygens (including phenoxy) is 1. The number of hydrogen-bond donors (Lipinski definition) is 2. The Labute approximate surface area is 180 Å². The smallest absolute Gasteiger partial charge is 0.339 e. The van der Waals surface area contributed by atoms with E-state index in [1.54, 1.807) is 42.1 Å². The molecule has 0 saturated heterocycles. The van der Waals surface area contributed by atoms with Crippen molar-refractivity contribution in [3.63, 3.8) is 0 Å². The van der Waals surface area contributed by atoms with E-state index in [9.17, 15) is 14.0 Å². The summed E-state index contributed by atoms with van der Waals surface area (Å²) in [5.74, 6) is -0.994. The predicted octanol–water partition coefficient (Wildman–Crippen LogP) is 3.06. The Balaban J connectivity index is 1.89. The molecule has 8 nitrogen and oxygen atoms in total. The SMILES string of the molecule is CCOC(=O)c1cnc2c(-c3ccc(F)c4[nH]ncc34)c(-[n+]3ccccc3)c(=O)[nH]c2c1. The van der Waals surface area contributed by atoms with Gasteiger partial charge < -0.3 is 9.72 Å². The third-order valence-electron chi connectivity index (χ3n) is 5.14. The maximum atomic E-state index is 14.3. The fourth-order valence-corrected chi connectivity index (χ4v) is 3.76. The van der Waals surface area contributed by atoms with Gasteiger partial charge in [0.05, 0.1) is 29.4 Å². The minimum Gasteiger partial charge on any atom is -0.462 e. The standard InChI is InChI=1S/C23H16FN5O3/c1-2-32-23(31)13-10-17-20(25-11-13)18(14-6-7-16(24)19-15(14)12-26-28-19)21(22(30)27-17)29-8-4-3-5-9-29/h3-12H,2H2,1H3,(H-,26,27,28,30)/p+1. The van der Waals surface area contributed by atoms with Gasteiger partial charge in [0.15, 0.2) is 12.4 Å². The van der Waals surface area contributed by atoms with Crippen molar-refractivity contribution in [3.05, 3.63) is 82.9 Å². The number of carbonyl (C=O) groups excluding carboxylic acids is 1. The van der Waals surface area contributed by atoms with Gasteiger partial charge in [-0.1, -0.05) is 12.1 Å². The molecule has 0 bridgehead atoms. The molecule has 0 radical (unpaired) electrons. The molecule has 0 aliphatic heterocycles. The fourth-order valence-electron chi connectivity index (χ4n) is 3.76. The molecule has 0 amide bonds. The molecule has 5 rings (SSSR count). The van der Waals surface area contributed by atoms with Crippen LogP contribution < -0.4 is 10.1 Å². The number of hydrogen-bond acceptors (Lipinski definition) is 5. The van der Waals surface area contributed by atoms with Crippen LogP contribution >= 0.6 is 0 Å². The lowest BCUT2D eigenvalue weighted by atomic mass is 9.98. The number of nitrogens with one attached hydrogen (secondary N) is 2. The molecule has 158 valence electrons. The zero-order chi connectivity index (χ0) is 22.2. The van der Waals surface area contributed by atoms with Crippen LogP contribution in [0.5, 0.6) is 0 Å². The number of rotatable bonds is 4. The highest BCUT2D eigenvalue weighted by Crippen LogP contribution is 2.34. The normalized spacial score (nSPS) is 11.2. The van der Waals surface area contributed by atoms with Crippen LogP contribution in [0, 0.1) is 5.82 Å². The van der Waals surface area contributed by atoms with Gasteiger partial charge in [-0.2, -0.15) is 9.67 Å². The number of halogens is 1. The Bertz CT molecular complexity index is 1540. The summed E-state index contributed by atoms with van der Waals surface area (Å²) in [4.78, 5) is 32.7. The Morgan fingerprint density at radius 3 is 2.78 bits per heavy atom. The third-order valence-corrected chi connectivity index (χ3v) is 5.14. The minimum absolute atomic E-state index is 0.216. The van der Waals surface area contributed by atoms with Crippen LogP contribution in [0.15, 0.2) is 66.0 Å². The second-order valence-electron chi connectivity index (χ2n) is 7.05. The number of H-pyrrole nitrogens is 2. The largest absolute Gasteiger partial charge is 0.462 e. The van der Waals surface area contributed by atoms with E-state index in [1.807, 2.05) is 6.07 Å². The quantitative estimate of drug-likeness (QED) is 0.337. The topological polar surface area (TPSA) is 105 Å². The Hall–Kier alpha value is -4.40. The highest BCUT2D eigenvalue weighted by Gasteiger charge is 2.26. The van der Waals surface area contributed by atoms with E-state index in [0.717, 1.165) is 0 Å². The van der Waals surface area contributed by atoms with Gasteiger partial charge in [0.2, 0.25) is 0 Å². The third kappa shape index (κ3) is 3.11. The van der Waals surface area contributed by atoms with Crippen LogP contribution in [0.4, 0.5) is 4.39 Å². The van der Waals surface area contributed by atoms with Gasteiger partial charge in [0.25, 0.3) is 5.69 Å². The van der Waals surface area contributed by atoms with Crippen LogP contribution in [0.2, 0.25) is 0 Å². The van der Waals surface area contributed by atoms with Crippen LogP contribution in [0.25, 0.3) is 38.8 Å². The van der Waals surface area contributed by atoms with Crippen molar-refractivity contribution in [1.82, 2.24) is 20.2 Å². The number of benzene rings is 1. The van der Waals surface area contributed by atoms with Crippen molar-refractivity contribution in [2.75, 3.05) is 6.61 Å². The summed E-state index contributed by atoms with van der Waals surface area (Å²) in [6, 6.07) is 9.86. The Kier molecular flexibility index (Phi) is 4.70. The van der Waals surface area contributed by atoms with Gasteiger partial charge in [-0.25, -0.2) is 9.18 Å². The van der Waals surface area contributed by atoms with Gasteiger partial charge in [0, 0.05) is 29.3 Å². The molecule has 2 N–H and O–H groups in total. The first-order valence-electron chi connectivity index (χ1n) is 9.90. The molecule has 0 aliphatic rings. The molecule has 4 aromatic heterocycles. The summed E-state index contributed by atoms with van der Waals surface area (Å²) in [7, 11) is 0. The molecule has 5 aromatic rings. The molecule has 1 aromatic carbocycles. The molecule has 9 heteroatoms. The first kappa shape index (κ1) is 19.6. The molecule has 0 fully saturated rings. The lowest BCUT2D eigenvalue weighted by Crippen LogP contribution is -2.37. The lowest BCUT2D eigenvalue weighted by Gasteiger charge is -2.11. The molecule has 0 spiro atoms. The van der Waals surface area contributed by atoms with E-state index in [-0.39, 0.29) is 17.7 Å². The fraction of sp³-hybridized carbons (Fsp3) is 0.0870. The lowest BCUT2D eigenvalue weighted by molar-refractivity contribution is -0.596. The van der Waals surface area contributed by atoms with Crippen LogP contribution in [0.1, 0.15) is 17.3 Å². The van der Waals surface area contributed by atoms with E-state index in [4.69, 9.17) is 4.74 Å². The number of aromatic nitrogens is 5. The summed E-state index contributed by atoms with van der Waals surface area (Å²) in [6.07, 6.45) is 6.39. The van der Waals surface area contributed by atoms with Crippen molar-refractivity contribution in [2.45, 2.75) is 6.92 Å². The second kappa shape index (κ2) is 7.69. The summed E-state index contributed by atoms with van der Waals surface area (Å²) in [5.41, 5.74) is 2.22. The van der Waals surface area contributed by atoms with Gasteiger partial charge in [0.1, 0.15) is 16.9 Å². The van der Waals surface area contributed by atoms with Crippen molar-refractivity contribution in [3.8, 4) is 16.8 Å². The summed E-state index contributed by atoms with van der Waals surface area (Å²) in [5, 5.41) is 7.14. The number of pyridine rings is 3. The molecule has 0 unspecified atom stereocenters. The van der Waals surface area contributed by atoms with E-state index >= 15 is 0 Å². The molecule has 0 aliphatic carbocycles. The van der Waals surface area contributed by atoms with Crippen molar-refractivity contribution in [2.24, 2.45) is 0 Å². The zero-order valence-electron chi connectivity index (χ0n) is 16.9. The van der Waals surface area contributed by atoms with Crippen molar-refractivity contribution in [1.29, 1.82) is 0 Å². The molecule has 32 heavy (non-hydrogen) atoms. The Morgan fingerprint density at radius 2 is 2.00 bits per heavy atom. The zero-order valence-corrected chi connectivity index (χ0v) is 16.9. The number of nitrogens with zero attached hydrogens (tertiary/aromatic N) is 3. The van der Waals surface area contributed by atoms with E-state index in [1.165, 1.54) is 24.5 Å². The monoisotopic (exact) mass is 430 g/mol. The first-order chi connectivity index (χ1) is 15.6. The highest BCUT2D eigenvalue weighted by molar-refractivity contribution is 6.05.